The standard InChI is InChI=1S/C20H18N2O/c21-13-16-10-11-18(12-17(16)14-22)23-20-9-5-4-8-19(20)15-6-2-1-3-7-15/h4-5,8-12,15H,1-3,6-7H2. The summed E-state index contributed by atoms with van der Waals surface area (Å²) >= 11 is 0. The maximum Gasteiger partial charge on any atom is 0.130 e. The van der Waals surface area contributed by atoms with Crippen molar-refractivity contribution in [2.24, 2.45) is 0 Å². The van der Waals surface area contributed by atoms with Crippen molar-refractivity contribution in [3.63, 3.8) is 0 Å². The second kappa shape index (κ2) is 6.99. The molecule has 0 amide bonds. The lowest BCUT2D eigenvalue weighted by molar-refractivity contribution is 0.419. The maximum atomic E-state index is 9.14. The highest BCUT2D eigenvalue weighted by atomic mass is 16.5. The van der Waals surface area contributed by atoms with E-state index in [0.29, 0.717) is 22.8 Å². The van der Waals surface area contributed by atoms with Crippen molar-refractivity contribution in [2.75, 3.05) is 0 Å². The Morgan fingerprint density at radius 2 is 1.61 bits per heavy atom. The highest BCUT2D eigenvalue weighted by Gasteiger charge is 2.19. The molecular weight excluding hydrogens is 284 g/mol. The van der Waals surface area contributed by atoms with Gasteiger partial charge < -0.3 is 4.74 Å². The van der Waals surface area contributed by atoms with Gasteiger partial charge in [0.15, 0.2) is 0 Å². The van der Waals surface area contributed by atoms with Gasteiger partial charge in [0, 0.05) is 0 Å². The molecule has 0 unspecified atom stereocenters. The lowest BCUT2D eigenvalue weighted by Gasteiger charge is -2.24. The lowest BCUT2D eigenvalue weighted by Crippen LogP contribution is -2.06. The van der Waals surface area contributed by atoms with Crippen molar-refractivity contribution in [1.29, 1.82) is 10.5 Å². The summed E-state index contributed by atoms with van der Waals surface area (Å²) < 4.78 is 6.04. The molecule has 0 atom stereocenters. The largest absolute Gasteiger partial charge is 0.457 e. The van der Waals surface area contributed by atoms with E-state index in [1.54, 1.807) is 18.2 Å². The molecule has 0 spiro atoms. The van der Waals surface area contributed by atoms with E-state index in [-0.39, 0.29) is 0 Å². The van der Waals surface area contributed by atoms with E-state index < -0.39 is 0 Å². The SMILES string of the molecule is N#Cc1ccc(Oc2ccccc2C2CCCCC2)cc1C#N. The number of hydrogen-bond donors (Lipinski definition) is 0. The lowest BCUT2D eigenvalue weighted by atomic mass is 9.84. The van der Waals surface area contributed by atoms with Crippen molar-refractivity contribution in [1.82, 2.24) is 0 Å². The van der Waals surface area contributed by atoms with Crippen molar-refractivity contribution in [3.05, 3.63) is 59.2 Å². The molecule has 3 nitrogen and oxygen atoms in total. The molecule has 0 bridgehead atoms. The number of ether oxygens (including phenoxy) is 1. The Morgan fingerprint density at radius 3 is 2.35 bits per heavy atom. The van der Waals surface area contributed by atoms with Gasteiger partial charge in [-0.3, -0.25) is 0 Å². The van der Waals surface area contributed by atoms with Gasteiger partial charge in [-0.1, -0.05) is 37.5 Å². The maximum absolute atomic E-state index is 9.14. The van der Waals surface area contributed by atoms with Gasteiger partial charge in [-0.2, -0.15) is 10.5 Å². The zero-order valence-electron chi connectivity index (χ0n) is 13.0. The molecular formula is C20H18N2O. The first-order valence-electron chi connectivity index (χ1n) is 8.03. The monoisotopic (exact) mass is 302 g/mol. The summed E-state index contributed by atoms with van der Waals surface area (Å²) in [5.74, 6) is 2.01. The van der Waals surface area contributed by atoms with E-state index in [4.69, 9.17) is 15.3 Å². The number of benzene rings is 2. The van der Waals surface area contributed by atoms with Crippen molar-refractivity contribution < 1.29 is 4.74 Å². The third-order valence-electron chi connectivity index (χ3n) is 4.42. The molecule has 0 N–H and O–H groups in total. The molecule has 3 heteroatoms. The molecule has 1 fully saturated rings. The van der Waals surface area contributed by atoms with Crippen molar-refractivity contribution in [3.8, 4) is 23.6 Å². The predicted molar refractivity (Wildman–Crippen MR) is 88.2 cm³/mol. The Bertz CT molecular complexity index is 777. The average molecular weight is 302 g/mol. The fourth-order valence-corrected chi connectivity index (χ4v) is 3.23. The Balaban J connectivity index is 1.89. The number of nitrogens with zero attached hydrogens (tertiary/aromatic N) is 2. The van der Waals surface area contributed by atoms with Gasteiger partial charge in [-0.25, -0.2) is 0 Å². The van der Waals surface area contributed by atoms with Gasteiger partial charge in [-0.05, 0) is 48.6 Å². The second-order valence-electron chi connectivity index (χ2n) is 5.91. The van der Waals surface area contributed by atoms with Gasteiger partial charge in [-0.15, -0.1) is 0 Å². The van der Waals surface area contributed by atoms with Gasteiger partial charge in [0.25, 0.3) is 0 Å². The van der Waals surface area contributed by atoms with Crippen LogP contribution in [0.1, 0.15) is 54.7 Å². The third-order valence-corrected chi connectivity index (χ3v) is 4.42. The molecule has 0 aliphatic heterocycles. The predicted octanol–water partition coefficient (Wildman–Crippen LogP) is 5.27. The second-order valence-corrected chi connectivity index (χ2v) is 5.91. The van der Waals surface area contributed by atoms with Crippen LogP contribution < -0.4 is 4.74 Å². The fraction of sp³-hybridized carbons (Fsp3) is 0.300. The molecule has 0 radical (unpaired) electrons. The summed E-state index contributed by atoms with van der Waals surface area (Å²) in [6.07, 6.45) is 6.28. The smallest absolute Gasteiger partial charge is 0.130 e. The third kappa shape index (κ3) is 3.35. The summed E-state index contributed by atoms with van der Waals surface area (Å²) in [7, 11) is 0. The topological polar surface area (TPSA) is 56.8 Å². The van der Waals surface area contributed by atoms with Gasteiger partial charge in [0.05, 0.1) is 11.1 Å². The number of hydrogen-bond acceptors (Lipinski definition) is 3. The normalized spacial score (nSPS) is 14.7. The van der Waals surface area contributed by atoms with Gasteiger partial charge in [0.1, 0.15) is 23.6 Å². The van der Waals surface area contributed by atoms with Crippen LogP contribution in [0.5, 0.6) is 11.5 Å². The Kier molecular flexibility index (Phi) is 4.60. The molecule has 2 aromatic rings. The summed E-state index contributed by atoms with van der Waals surface area (Å²) in [6.45, 7) is 0. The minimum atomic E-state index is 0.347. The van der Waals surface area contributed by atoms with Gasteiger partial charge >= 0.3 is 0 Å². The van der Waals surface area contributed by atoms with Crippen LogP contribution in [0.15, 0.2) is 42.5 Å². The van der Waals surface area contributed by atoms with E-state index in [9.17, 15) is 0 Å². The minimum absolute atomic E-state index is 0.347. The summed E-state index contributed by atoms with van der Waals surface area (Å²) in [6, 6.07) is 17.2. The molecule has 0 heterocycles. The Labute approximate surface area is 136 Å². The molecule has 1 saturated carbocycles. The van der Waals surface area contributed by atoms with Crippen LogP contribution in [-0.2, 0) is 0 Å². The molecule has 0 aromatic heterocycles. The van der Waals surface area contributed by atoms with E-state index in [1.165, 1.54) is 37.7 Å². The first kappa shape index (κ1) is 15.1. The van der Waals surface area contributed by atoms with Crippen molar-refractivity contribution >= 4 is 0 Å². The minimum Gasteiger partial charge on any atom is -0.457 e. The number of para-hydroxylation sites is 1. The molecule has 0 saturated heterocycles. The van der Waals surface area contributed by atoms with Gasteiger partial charge in [0.2, 0.25) is 0 Å². The molecule has 23 heavy (non-hydrogen) atoms. The molecule has 1 aliphatic rings. The fourth-order valence-electron chi connectivity index (χ4n) is 3.23. The number of rotatable bonds is 3. The first-order valence-corrected chi connectivity index (χ1v) is 8.03. The van der Waals surface area contributed by atoms with Crippen LogP contribution in [0, 0.1) is 22.7 Å². The zero-order chi connectivity index (χ0) is 16.1. The van der Waals surface area contributed by atoms with E-state index >= 15 is 0 Å². The molecule has 2 aromatic carbocycles. The van der Waals surface area contributed by atoms with Crippen LogP contribution in [-0.4, -0.2) is 0 Å². The molecule has 1 aliphatic carbocycles. The highest BCUT2D eigenvalue weighted by molar-refractivity contribution is 5.50. The van der Waals surface area contributed by atoms with Crippen LogP contribution in [0.4, 0.5) is 0 Å². The highest BCUT2D eigenvalue weighted by Crippen LogP contribution is 2.38. The first-order chi connectivity index (χ1) is 11.3. The Hall–Kier alpha value is -2.78. The van der Waals surface area contributed by atoms with Crippen LogP contribution in [0.3, 0.4) is 0 Å². The van der Waals surface area contributed by atoms with Crippen LogP contribution >= 0.6 is 0 Å². The summed E-state index contributed by atoms with van der Waals surface area (Å²) in [4.78, 5) is 0. The summed E-state index contributed by atoms with van der Waals surface area (Å²) in [5, 5.41) is 18.1. The average Bonchev–Trinajstić information content (AvgIpc) is 2.63. The van der Waals surface area contributed by atoms with E-state index in [2.05, 4.69) is 12.1 Å². The van der Waals surface area contributed by atoms with Crippen LogP contribution in [0.25, 0.3) is 0 Å². The molecule has 3 rings (SSSR count). The zero-order valence-corrected chi connectivity index (χ0v) is 13.0. The molecule has 114 valence electrons. The van der Waals surface area contributed by atoms with E-state index in [0.717, 1.165) is 5.75 Å². The number of nitriles is 2. The van der Waals surface area contributed by atoms with Crippen LogP contribution in [0.2, 0.25) is 0 Å². The Morgan fingerprint density at radius 1 is 0.870 bits per heavy atom. The quantitative estimate of drug-likeness (QED) is 0.776. The summed E-state index contributed by atoms with van der Waals surface area (Å²) in [5.41, 5.74) is 1.97. The van der Waals surface area contributed by atoms with Crippen molar-refractivity contribution in [2.45, 2.75) is 38.0 Å². The van der Waals surface area contributed by atoms with E-state index in [1.807, 2.05) is 24.3 Å².